The summed E-state index contributed by atoms with van der Waals surface area (Å²) >= 11 is 1.23. The number of benzene rings is 1. The lowest BCUT2D eigenvalue weighted by molar-refractivity contribution is -0.115. The summed E-state index contributed by atoms with van der Waals surface area (Å²) in [5, 5.41) is 6.21. The predicted molar refractivity (Wildman–Crippen MR) is 116 cm³/mol. The lowest BCUT2D eigenvalue weighted by Gasteiger charge is -2.10. The topological polar surface area (TPSA) is 102 Å². The third-order valence-electron chi connectivity index (χ3n) is 4.56. The number of methoxy groups -OCH3 is 2. The number of nitrogens with one attached hydrogen (secondary N) is 2. The van der Waals surface area contributed by atoms with Crippen molar-refractivity contribution in [3.63, 3.8) is 0 Å². The molecule has 0 bridgehead atoms. The van der Waals surface area contributed by atoms with Crippen molar-refractivity contribution in [2.24, 2.45) is 0 Å². The number of para-hydroxylation sites is 1. The second kappa shape index (κ2) is 9.64. The number of amides is 2. The third-order valence-corrected chi connectivity index (χ3v) is 5.74. The molecule has 0 spiro atoms. The van der Waals surface area contributed by atoms with Gasteiger partial charge in [-0.15, -0.1) is 11.3 Å². The van der Waals surface area contributed by atoms with Crippen molar-refractivity contribution < 1.29 is 19.1 Å². The Hall–Kier alpha value is -3.04. The van der Waals surface area contributed by atoms with Gasteiger partial charge in [0.05, 0.1) is 23.9 Å². The zero-order chi connectivity index (χ0) is 21.7. The summed E-state index contributed by atoms with van der Waals surface area (Å²) in [5.41, 5.74) is 2.50. The second-order valence-electron chi connectivity index (χ2n) is 6.56. The van der Waals surface area contributed by atoms with Crippen molar-refractivity contribution in [2.45, 2.75) is 26.9 Å². The molecule has 2 aromatic heterocycles. The van der Waals surface area contributed by atoms with Crippen molar-refractivity contribution in [1.29, 1.82) is 0 Å². The number of carbonyl (C=O) groups is 2. The van der Waals surface area contributed by atoms with Crippen LogP contribution in [0.3, 0.4) is 0 Å². The number of anilines is 1. The van der Waals surface area contributed by atoms with E-state index in [0.29, 0.717) is 32.4 Å². The Morgan fingerprint density at radius 3 is 2.63 bits per heavy atom. The van der Waals surface area contributed by atoms with E-state index in [1.54, 1.807) is 7.11 Å². The molecule has 30 heavy (non-hydrogen) atoms. The van der Waals surface area contributed by atoms with Crippen molar-refractivity contribution in [2.75, 3.05) is 26.1 Å². The van der Waals surface area contributed by atoms with E-state index in [1.165, 1.54) is 18.4 Å². The maximum atomic E-state index is 12.7. The fraction of sp³-hybridized carbons (Fsp3) is 0.333. The van der Waals surface area contributed by atoms with E-state index in [4.69, 9.17) is 9.47 Å². The van der Waals surface area contributed by atoms with Crippen LogP contribution >= 0.6 is 11.3 Å². The van der Waals surface area contributed by atoms with Crippen LogP contribution in [0.1, 0.15) is 33.5 Å². The molecule has 0 aliphatic rings. The van der Waals surface area contributed by atoms with Gasteiger partial charge in [0.2, 0.25) is 11.8 Å². The molecule has 2 amide bonds. The van der Waals surface area contributed by atoms with Crippen molar-refractivity contribution in [3.05, 3.63) is 46.1 Å². The zero-order valence-electron chi connectivity index (χ0n) is 17.4. The molecular weight excluding hydrogens is 404 g/mol. The summed E-state index contributed by atoms with van der Waals surface area (Å²) in [6.07, 6.45) is 0.803. The Labute approximate surface area is 178 Å². The van der Waals surface area contributed by atoms with Crippen LogP contribution in [0.25, 0.3) is 10.2 Å². The van der Waals surface area contributed by atoms with Crippen LogP contribution in [-0.4, -0.2) is 42.5 Å². The van der Waals surface area contributed by atoms with E-state index in [2.05, 4.69) is 20.6 Å². The van der Waals surface area contributed by atoms with E-state index in [0.717, 1.165) is 17.7 Å². The molecule has 0 aliphatic heterocycles. The van der Waals surface area contributed by atoms with Gasteiger partial charge >= 0.3 is 0 Å². The highest BCUT2D eigenvalue weighted by atomic mass is 32.1. The van der Waals surface area contributed by atoms with E-state index in [-0.39, 0.29) is 25.0 Å². The maximum Gasteiger partial charge on any atom is 0.262 e. The maximum absolute atomic E-state index is 12.7. The second-order valence-corrected chi connectivity index (χ2v) is 7.56. The minimum atomic E-state index is -0.343. The quantitative estimate of drug-likeness (QED) is 0.572. The highest BCUT2D eigenvalue weighted by Gasteiger charge is 2.21. The van der Waals surface area contributed by atoms with E-state index < -0.39 is 0 Å². The zero-order valence-corrected chi connectivity index (χ0v) is 18.2. The molecule has 2 heterocycles. The van der Waals surface area contributed by atoms with Crippen LogP contribution in [0.4, 0.5) is 5.69 Å². The van der Waals surface area contributed by atoms with Gasteiger partial charge < -0.3 is 20.1 Å². The number of aryl methyl sites for hydroxylation is 2. The summed E-state index contributed by atoms with van der Waals surface area (Å²) in [6, 6.07) is 7.59. The molecule has 0 unspecified atom stereocenters. The largest absolute Gasteiger partial charge is 0.480 e. The first-order valence-corrected chi connectivity index (χ1v) is 10.3. The van der Waals surface area contributed by atoms with Crippen molar-refractivity contribution in [1.82, 2.24) is 15.3 Å². The van der Waals surface area contributed by atoms with Crippen LogP contribution in [0.15, 0.2) is 24.3 Å². The highest BCUT2D eigenvalue weighted by Crippen LogP contribution is 2.35. The molecule has 3 rings (SSSR count). The Kier molecular flexibility index (Phi) is 6.96. The summed E-state index contributed by atoms with van der Waals surface area (Å²) in [4.78, 5) is 34.9. The smallest absolute Gasteiger partial charge is 0.262 e. The predicted octanol–water partition coefficient (Wildman–Crippen LogP) is 3.09. The Bertz CT molecular complexity index is 1080. The van der Waals surface area contributed by atoms with Gasteiger partial charge in [-0.3, -0.25) is 9.59 Å². The van der Waals surface area contributed by atoms with Crippen molar-refractivity contribution in [3.8, 4) is 5.88 Å². The molecule has 158 valence electrons. The lowest BCUT2D eigenvalue weighted by atomic mass is 10.1. The number of nitrogens with zero attached hydrogens (tertiary/aromatic N) is 2. The Balaban J connectivity index is 1.75. The van der Waals surface area contributed by atoms with Crippen LogP contribution in [0, 0.1) is 6.92 Å². The number of aromatic nitrogens is 2. The monoisotopic (exact) mass is 428 g/mol. The van der Waals surface area contributed by atoms with Crippen LogP contribution in [0.2, 0.25) is 0 Å². The summed E-state index contributed by atoms with van der Waals surface area (Å²) < 4.78 is 10.5. The summed E-state index contributed by atoms with van der Waals surface area (Å²) in [5.74, 6) is 0.241. The number of thiophene rings is 1. The molecule has 0 radical (unpaired) electrons. The number of carbonyl (C=O) groups excluding carboxylic acids is 2. The average molecular weight is 429 g/mol. The Morgan fingerprint density at radius 1 is 1.17 bits per heavy atom. The summed E-state index contributed by atoms with van der Waals surface area (Å²) in [6.45, 7) is 3.94. The van der Waals surface area contributed by atoms with Crippen LogP contribution < -0.4 is 15.4 Å². The third kappa shape index (κ3) is 4.58. The lowest BCUT2D eigenvalue weighted by Crippen LogP contribution is -2.32. The molecule has 0 aliphatic carbocycles. The van der Waals surface area contributed by atoms with E-state index >= 15 is 0 Å². The number of rotatable bonds is 8. The molecular formula is C21H24N4O4S. The van der Waals surface area contributed by atoms with Crippen LogP contribution in [-0.2, 0) is 22.6 Å². The molecule has 3 aromatic rings. The van der Waals surface area contributed by atoms with Gasteiger partial charge in [-0.25, -0.2) is 4.98 Å². The molecule has 0 atom stereocenters. The van der Waals surface area contributed by atoms with Gasteiger partial charge in [0.1, 0.15) is 11.4 Å². The first kappa shape index (κ1) is 21.7. The fourth-order valence-corrected chi connectivity index (χ4v) is 4.19. The molecule has 0 saturated carbocycles. The SMILES string of the molecule is CCc1ccccc1NC(=O)CNC(=O)c1sc2nc(COC)nc(OC)c2c1C. The van der Waals surface area contributed by atoms with Gasteiger partial charge in [-0.1, -0.05) is 25.1 Å². The standard InChI is InChI=1S/C21H24N4O4S/c1-5-13-8-6-7-9-14(13)23-16(26)10-22-19(27)18-12(2)17-20(29-4)24-15(11-28-3)25-21(17)30-18/h6-9H,5,10-11H2,1-4H3,(H,22,27)(H,23,26). The van der Waals surface area contributed by atoms with Crippen LogP contribution in [0.5, 0.6) is 5.88 Å². The molecule has 0 fully saturated rings. The number of hydrogen-bond acceptors (Lipinski definition) is 7. The van der Waals surface area contributed by atoms with Gasteiger partial charge in [0, 0.05) is 12.8 Å². The highest BCUT2D eigenvalue weighted by molar-refractivity contribution is 7.20. The van der Waals surface area contributed by atoms with Gasteiger partial charge in [-0.2, -0.15) is 4.98 Å². The Morgan fingerprint density at radius 2 is 1.93 bits per heavy atom. The van der Waals surface area contributed by atoms with Gasteiger partial charge in [0.25, 0.3) is 5.91 Å². The number of ether oxygens (including phenoxy) is 2. The molecule has 0 saturated heterocycles. The fourth-order valence-electron chi connectivity index (χ4n) is 3.09. The first-order valence-electron chi connectivity index (χ1n) is 9.47. The van der Waals surface area contributed by atoms with E-state index in [1.807, 2.05) is 38.1 Å². The first-order chi connectivity index (χ1) is 14.5. The van der Waals surface area contributed by atoms with Gasteiger partial charge in [0.15, 0.2) is 5.82 Å². The average Bonchev–Trinajstić information content (AvgIpc) is 3.08. The van der Waals surface area contributed by atoms with Gasteiger partial charge in [-0.05, 0) is 30.5 Å². The molecule has 1 aromatic carbocycles. The minimum absolute atomic E-state index is 0.137. The molecule has 2 N–H and O–H groups in total. The number of fused-ring (bicyclic) bond motifs is 1. The molecule has 8 nitrogen and oxygen atoms in total. The number of hydrogen-bond donors (Lipinski definition) is 2. The minimum Gasteiger partial charge on any atom is -0.480 e. The van der Waals surface area contributed by atoms with E-state index in [9.17, 15) is 9.59 Å². The summed E-state index contributed by atoms with van der Waals surface area (Å²) in [7, 11) is 3.08. The molecule has 9 heteroatoms. The van der Waals surface area contributed by atoms with Crippen molar-refractivity contribution >= 4 is 39.1 Å². The normalized spacial score (nSPS) is 10.8.